The molecule has 0 fully saturated rings. The zero-order valence-corrected chi connectivity index (χ0v) is 10.3. The van der Waals surface area contributed by atoms with Gasteiger partial charge in [0, 0.05) is 6.54 Å². The van der Waals surface area contributed by atoms with Crippen LogP contribution in [-0.2, 0) is 29.6 Å². The molecule has 0 saturated carbocycles. The average molecular weight is 274 g/mol. The predicted octanol–water partition coefficient (Wildman–Crippen LogP) is -2.24. The summed E-state index contributed by atoms with van der Waals surface area (Å²) in [6.07, 6.45) is 0.0409. The highest BCUT2D eigenvalue weighted by Gasteiger charge is 2.16. The Kier molecular flexibility index (Phi) is 5.86. The minimum absolute atomic E-state index is 0.0409. The fraction of sp³-hybridized carbons (Fsp3) is 0.833. The van der Waals surface area contributed by atoms with Gasteiger partial charge in [0.05, 0.1) is 12.9 Å². The largest absolute Gasteiger partial charge is 0.468 e. The number of methoxy groups -OCH3 is 1. The molecule has 0 rings (SSSR count). The molecule has 0 bridgehead atoms. The van der Waals surface area contributed by atoms with E-state index in [9.17, 15) is 21.6 Å². The molecular formula is C6H14N2O6S2. The molecule has 96 valence electrons. The number of nitrogens with two attached hydrogens (primary N) is 1. The van der Waals surface area contributed by atoms with E-state index < -0.39 is 31.8 Å². The summed E-state index contributed by atoms with van der Waals surface area (Å²) in [6.45, 7) is -0.101. The first-order valence-electron chi connectivity index (χ1n) is 4.21. The van der Waals surface area contributed by atoms with Crippen LogP contribution in [0.25, 0.3) is 0 Å². The molecule has 8 nitrogen and oxygen atoms in total. The summed E-state index contributed by atoms with van der Waals surface area (Å²) in [6, 6.07) is 0. The van der Waals surface area contributed by atoms with Gasteiger partial charge in [0.15, 0.2) is 5.75 Å². The standard InChI is InChI=1S/C6H14N2O6S2/c1-14-6(9)5-16(12,13)8-3-2-4-15(7,10)11/h8H,2-5H2,1H3,(H2,7,10,11). The van der Waals surface area contributed by atoms with Crippen LogP contribution < -0.4 is 9.86 Å². The van der Waals surface area contributed by atoms with E-state index in [1.807, 2.05) is 4.72 Å². The van der Waals surface area contributed by atoms with Crippen LogP contribution in [0.15, 0.2) is 0 Å². The summed E-state index contributed by atoms with van der Waals surface area (Å²) in [5, 5.41) is 4.71. The van der Waals surface area contributed by atoms with Crippen molar-refractivity contribution in [3.8, 4) is 0 Å². The molecule has 0 saturated heterocycles. The Morgan fingerprint density at radius 3 is 2.31 bits per heavy atom. The molecule has 0 aliphatic carbocycles. The van der Waals surface area contributed by atoms with Crippen LogP contribution in [0.5, 0.6) is 0 Å². The quantitative estimate of drug-likeness (QED) is 0.398. The van der Waals surface area contributed by atoms with Gasteiger partial charge in [-0.15, -0.1) is 0 Å². The second kappa shape index (κ2) is 6.13. The second-order valence-corrected chi connectivity index (χ2v) is 6.49. The lowest BCUT2D eigenvalue weighted by molar-refractivity contribution is -0.137. The number of carbonyl (C=O) groups excluding carboxylic acids is 1. The number of esters is 1. The minimum atomic E-state index is -3.77. The molecule has 0 atom stereocenters. The van der Waals surface area contributed by atoms with Gasteiger partial charge in [-0.3, -0.25) is 4.79 Å². The van der Waals surface area contributed by atoms with Gasteiger partial charge in [0.2, 0.25) is 20.0 Å². The van der Waals surface area contributed by atoms with Crippen molar-refractivity contribution < 1.29 is 26.4 Å². The number of carbonyl (C=O) groups is 1. The van der Waals surface area contributed by atoms with E-state index >= 15 is 0 Å². The third-order valence-corrected chi connectivity index (χ3v) is 3.58. The molecule has 0 aromatic carbocycles. The number of hydrogen-bond donors (Lipinski definition) is 2. The third-order valence-electron chi connectivity index (χ3n) is 1.46. The van der Waals surface area contributed by atoms with Gasteiger partial charge in [-0.1, -0.05) is 0 Å². The van der Waals surface area contributed by atoms with E-state index in [2.05, 4.69) is 4.74 Å². The zero-order valence-electron chi connectivity index (χ0n) is 8.67. The molecule has 0 spiro atoms. The van der Waals surface area contributed by atoms with Gasteiger partial charge in [0.1, 0.15) is 0 Å². The zero-order chi connectivity index (χ0) is 12.8. The highest BCUT2D eigenvalue weighted by Crippen LogP contribution is 1.89. The summed E-state index contributed by atoms with van der Waals surface area (Å²) < 4.78 is 49.5. The van der Waals surface area contributed by atoms with Crippen LogP contribution in [-0.4, -0.2) is 48.0 Å². The Morgan fingerprint density at radius 1 is 1.31 bits per heavy atom. The molecule has 10 heteroatoms. The lowest BCUT2D eigenvalue weighted by atomic mass is 10.5. The van der Waals surface area contributed by atoms with Gasteiger partial charge >= 0.3 is 5.97 Å². The van der Waals surface area contributed by atoms with Gasteiger partial charge in [-0.05, 0) is 6.42 Å². The molecule has 0 aromatic heterocycles. The molecular weight excluding hydrogens is 260 g/mol. The fourth-order valence-electron chi connectivity index (χ4n) is 0.766. The summed E-state index contributed by atoms with van der Waals surface area (Å²) in [7, 11) is -6.30. The van der Waals surface area contributed by atoms with E-state index in [1.54, 1.807) is 0 Å². The van der Waals surface area contributed by atoms with Crippen LogP contribution >= 0.6 is 0 Å². The summed E-state index contributed by atoms with van der Waals surface area (Å²) in [5.41, 5.74) is 0. The molecule has 0 heterocycles. The number of nitrogens with one attached hydrogen (secondary N) is 1. The van der Waals surface area contributed by atoms with Crippen LogP contribution in [0.3, 0.4) is 0 Å². The van der Waals surface area contributed by atoms with E-state index in [-0.39, 0.29) is 18.7 Å². The second-order valence-electron chi connectivity index (χ2n) is 2.95. The highest BCUT2D eigenvalue weighted by molar-refractivity contribution is 7.90. The van der Waals surface area contributed by atoms with Crippen LogP contribution in [0.1, 0.15) is 6.42 Å². The first-order chi connectivity index (χ1) is 7.16. The Bertz CT molecular complexity index is 426. The van der Waals surface area contributed by atoms with Crippen molar-refractivity contribution in [2.75, 3.05) is 25.2 Å². The van der Waals surface area contributed by atoms with E-state index in [1.165, 1.54) is 0 Å². The Balaban J connectivity index is 3.97. The molecule has 16 heavy (non-hydrogen) atoms. The van der Waals surface area contributed by atoms with Gasteiger partial charge in [0.25, 0.3) is 0 Å². The number of sulfonamides is 2. The smallest absolute Gasteiger partial charge is 0.322 e. The summed E-state index contributed by atoms with van der Waals surface area (Å²) in [4.78, 5) is 10.7. The number of rotatable bonds is 7. The Labute approximate surface area is 94.3 Å². The maximum Gasteiger partial charge on any atom is 0.322 e. The van der Waals surface area contributed by atoms with Crippen molar-refractivity contribution in [3.05, 3.63) is 0 Å². The first kappa shape index (κ1) is 15.3. The maximum atomic E-state index is 11.1. The molecule has 3 N–H and O–H groups in total. The van der Waals surface area contributed by atoms with E-state index in [0.29, 0.717) is 0 Å². The van der Waals surface area contributed by atoms with Crippen molar-refractivity contribution in [3.63, 3.8) is 0 Å². The lowest BCUT2D eigenvalue weighted by Gasteiger charge is -2.04. The van der Waals surface area contributed by atoms with Crippen LogP contribution in [0, 0.1) is 0 Å². The lowest BCUT2D eigenvalue weighted by Crippen LogP contribution is -2.32. The van der Waals surface area contributed by atoms with E-state index in [0.717, 1.165) is 7.11 Å². The van der Waals surface area contributed by atoms with Crippen LogP contribution in [0.2, 0.25) is 0 Å². The van der Waals surface area contributed by atoms with Crippen molar-refractivity contribution in [1.29, 1.82) is 0 Å². The minimum Gasteiger partial charge on any atom is -0.468 e. The van der Waals surface area contributed by atoms with Crippen molar-refractivity contribution in [2.24, 2.45) is 5.14 Å². The van der Waals surface area contributed by atoms with Crippen LogP contribution in [0.4, 0.5) is 0 Å². The monoisotopic (exact) mass is 274 g/mol. The normalized spacial score (nSPS) is 12.4. The number of ether oxygens (including phenoxy) is 1. The Morgan fingerprint density at radius 2 is 1.88 bits per heavy atom. The van der Waals surface area contributed by atoms with E-state index in [4.69, 9.17) is 5.14 Å². The van der Waals surface area contributed by atoms with Gasteiger partial charge in [-0.2, -0.15) is 0 Å². The van der Waals surface area contributed by atoms with Crippen molar-refractivity contribution in [2.45, 2.75) is 6.42 Å². The summed E-state index contributed by atoms with van der Waals surface area (Å²) in [5.74, 6) is -2.01. The molecule has 0 aromatic rings. The maximum absolute atomic E-state index is 11.1. The summed E-state index contributed by atoms with van der Waals surface area (Å²) >= 11 is 0. The number of hydrogen-bond acceptors (Lipinski definition) is 6. The Hall–Kier alpha value is -0.710. The molecule has 0 amide bonds. The molecule has 0 radical (unpaired) electrons. The average Bonchev–Trinajstić information content (AvgIpc) is 2.10. The number of primary sulfonamides is 1. The van der Waals surface area contributed by atoms with Crippen molar-refractivity contribution >= 4 is 26.0 Å². The topological polar surface area (TPSA) is 133 Å². The third kappa shape index (κ3) is 8.59. The van der Waals surface area contributed by atoms with Gasteiger partial charge in [-0.25, -0.2) is 26.7 Å². The SMILES string of the molecule is COC(=O)CS(=O)(=O)NCCCS(N)(=O)=O. The molecule has 0 unspecified atom stereocenters. The fourth-order valence-corrected chi connectivity index (χ4v) is 2.30. The first-order valence-corrected chi connectivity index (χ1v) is 7.58. The predicted molar refractivity (Wildman–Crippen MR) is 56.4 cm³/mol. The van der Waals surface area contributed by atoms with Crippen molar-refractivity contribution in [1.82, 2.24) is 4.72 Å². The highest BCUT2D eigenvalue weighted by atomic mass is 32.2. The van der Waals surface area contributed by atoms with Gasteiger partial charge < -0.3 is 4.74 Å². The molecule has 0 aliphatic rings. The molecule has 0 aliphatic heterocycles.